The molecular formula is C28H28. The molecule has 0 aromatic heterocycles. The van der Waals surface area contributed by atoms with Crippen molar-refractivity contribution in [1.29, 1.82) is 0 Å². The first-order valence-electron chi connectivity index (χ1n) is 9.77. The lowest BCUT2D eigenvalue weighted by Gasteiger charge is -2.33. The van der Waals surface area contributed by atoms with Gasteiger partial charge in [-0.25, -0.2) is 0 Å². The zero-order valence-corrected chi connectivity index (χ0v) is 17.1. The van der Waals surface area contributed by atoms with Crippen molar-refractivity contribution in [3.05, 3.63) is 138 Å². The van der Waals surface area contributed by atoms with Crippen LogP contribution in [0.5, 0.6) is 0 Å². The van der Waals surface area contributed by atoms with E-state index in [1.807, 2.05) is 18.2 Å². The van der Waals surface area contributed by atoms with Crippen molar-refractivity contribution in [2.45, 2.75) is 26.2 Å². The van der Waals surface area contributed by atoms with Crippen molar-refractivity contribution < 1.29 is 0 Å². The van der Waals surface area contributed by atoms with Gasteiger partial charge in [-0.2, -0.15) is 0 Å². The molecule has 0 radical (unpaired) electrons. The van der Waals surface area contributed by atoms with Crippen LogP contribution in [0.2, 0.25) is 0 Å². The first-order valence-corrected chi connectivity index (χ1v) is 9.77. The molecule has 2 aliphatic carbocycles. The fourth-order valence-corrected chi connectivity index (χ4v) is 4.80. The van der Waals surface area contributed by atoms with Crippen molar-refractivity contribution in [1.82, 2.24) is 0 Å². The summed E-state index contributed by atoms with van der Waals surface area (Å²) in [4.78, 5) is 0. The Balaban J connectivity index is 2.63. The third kappa shape index (κ3) is 2.45. The van der Waals surface area contributed by atoms with E-state index in [1.54, 1.807) is 0 Å². The molecule has 3 rings (SSSR count). The lowest BCUT2D eigenvalue weighted by Crippen LogP contribution is -2.28. The zero-order valence-electron chi connectivity index (χ0n) is 17.1. The maximum atomic E-state index is 4.15. The monoisotopic (exact) mass is 364 g/mol. The van der Waals surface area contributed by atoms with E-state index in [0.717, 1.165) is 0 Å². The highest BCUT2D eigenvalue weighted by atomic mass is 14.5. The molecule has 1 atom stereocenters. The number of hydrogen-bond acceptors (Lipinski definition) is 0. The average molecular weight is 365 g/mol. The Morgan fingerprint density at radius 1 is 0.821 bits per heavy atom. The minimum Gasteiger partial charge on any atom is -0.0991 e. The smallest absolute Gasteiger partial charge is 0.0725 e. The number of allylic oxidation sites excluding steroid dienone is 15. The molecule has 0 amide bonds. The van der Waals surface area contributed by atoms with Crippen LogP contribution in [0.25, 0.3) is 5.57 Å². The Morgan fingerprint density at radius 3 is 1.96 bits per heavy atom. The van der Waals surface area contributed by atoms with Crippen molar-refractivity contribution in [3.63, 3.8) is 0 Å². The summed E-state index contributed by atoms with van der Waals surface area (Å²) in [6.07, 6.45) is 18.9. The second kappa shape index (κ2) is 7.86. The Bertz CT molecular complexity index is 1030. The minimum absolute atomic E-state index is 0.390. The number of rotatable bonds is 5. The van der Waals surface area contributed by atoms with Crippen LogP contribution < -0.4 is 0 Å². The van der Waals surface area contributed by atoms with E-state index in [1.165, 1.54) is 44.6 Å². The largest absolute Gasteiger partial charge is 0.0991 e. The normalized spacial score (nSPS) is 24.4. The Morgan fingerprint density at radius 2 is 1.43 bits per heavy atom. The maximum absolute atomic E-state index is 4.15. The predicted molar refractivity (Wildman–Crippen MR) is 124 cm³/mol. The molecule has 0 aliphatic heterocycles. The third-order valence-corrected chi connectivity index (χ3v) is 5.64. The highest BCUT2D eigenvalue weighted by Crippen LogP contribution is 2.62. The molecule has 1 aromatic rings. The summed E-state index contributed by atoms with van der Waals surface area (Å²) in [5.74, 6) is 0. The average Bonchev–Trinajstić information content (AvgIpc) is 3.14. The molecule has 0 bridgehead atoms. The topological polar surface area (TPSA) is 0 Å². The van der Waals surface area contributed by atoms with E-state index in [4.69, 9.17) is 0 Å². The molecule has 1 aromatic carbocycles. The van der Waals surface area contributed by atoms with E-state index < -0.39 is 5.41 Å². The second-order valence-electron chi connectivity index (χ2n) is 6.88. The van der Waals surface area contributed by atoms with Crippen LogP contribution in [-0.2, 0) is 5.41 Å². The number of benzene rings is 1. The summed E-state index contributed by atoms with van der Waals surface area (Å²) in [5.41, 5.74) is 9.46. The highest BCUT2D eigenvalue weighted by molar-refractivity contribution is 5.95. The Hall–Kier alpha value is -3.12. The quantitative estimate of drug-likeness (QED) is 0.505. The van der Waals surface area contributed by atoms with Gasteiger partial charge in [-0.1, -0.05) is 98.7 Å². The van der Waals surface area contributed by atoms with Gasteiger partial charge < -0.3 is 0 Å². The predicted octanol–water partition coefficient (Wildman–Crippen LogP) is 7.58. The van der Waals surface area contributed by atoms with Gasteiger partial charge in [-0.3, -0.25) is 0 Å². The van der Waals surface area contributed by atoms with Gasteiger partial charge in [0.05, 0.1) is 5.41 Å². The molecule has 2 aliphatic rings. The van der Waals surface area contributed by atoms with E-state index in [9.17, 15) is 0 Å². The van der Waals surface area contributed by atoms with Gasteiger partial charge in [0, 0.05) is 0 Å². The van der Waals surface area contributed by atoms with Crippen LogP contribution in [0.4, 0.5) is 0 Å². The van der Waals surface area contributed by atoms with Gasteiger partial charge in [0.15, 0.2) is 0 Å². The van der Waals surface area contributed by atoms with Crippen LogP contribution in [0.1, 0.15) is 31.9 Å². The van der Waals surface area contributed by atoms with Crippen LogP contribution in [0.15, 0.2) is 127 Å². The van der Waals surface area contributed by atoms with E-state index in [0.29, 0.717) is 0 Å². The Labute approximate surface area is 169 Å². The molecule has 140 valence electrons. The number of fused-ring (bicyclic) bond motifs is 2. The summed E-state index contributed by atoms with van der Waals surface area (Å²) in [6.45, 7) is 18.5. The van der Waals surface area contributed by atoms with Crippen molar-refractivity contribution in [3.8, 4) is 0 Å². The first kappa shape index (κ1) is 19.6. The molecule has 0 saturated heterocycles. The lowest BCUT2D eigenvalue weighted by molar-refractivity contribution is 0.775. The minimum atomic E-state index is -0.390. The van der Waals surface area contributed by atoms with Gasteiger partial charge in [0.2, 0.25) is 0 Å². The molecule has 28 heavy (non-hydrogen) atoms. The summed E-state index contributed by atoms with van der Waals surface area (Å²) in [5, 5.41) is 0. The van der Waals surface area contributed by atoms with Gasteiger partial charge in [-0.15, -0.1) is 0 Å². The van der Waals surface area contributed by atoms with Crippen molar-refractivity contribution >= 4 is 5.57 Å². The SMILES string of the molecule is C=CC=C1/C(=C\C)C(C=C)=C(/C=C\C)C12C(/C=C\C)=C(C=C)c1ccccc12. The van der Waals surface area contributed by atoms with Crippen LogP contribution >= 0.6 is 0 Å². The molecule has 0 fully saturated rings. The maximum Gasteiger partial charge on any atom is 0.0725 e. The van der Waals surface area contributed by atoms with Crippen molar-refractivity contribution in [2.75, 3.05) is 0 Å². The van der Waals surface area contributed by atoms with Crippen LogP contribution in [0.3, 0.4) is 0 Å². The van der Waals surface area contributed by atoms with E-state index in [2.05, 4.69) is 101 Å². The molecule has 1 spiro atoms. The molecule has 0 nitrogen and oxygen atoms in total. The standard InChI is InChI=1S/C28H28/c1-7-15-24-20(10-4)21(11-5)25(16-8-2)28(24)26(17-9-3)22(12-6)23-18-13-14-19-27(23)28/h7-19H,1,5-6H2,2-4H3/b16-8-,17-9-,20-10-,24-15?. The van der Waals surface area contributed by atoms with Crippen LogP contribution in [0, 0.1) is 0 Å². The summed E-state index contributed by atoms with van der Waals surface area (Å²) in [6, 6.07) is 8.67. The van der Waals surface area contributed by atoms with Crippen molar-refractivity contribution in [2.24, 2.45) is 0 Å². The first-order chi connectivity index (χ1) is 13.7. The Kier molecular flexibility index (Phi) is 5.51. The van der Waals surface area contributed by atoms with Gasteiger partial charge in [0.25, 0.3) is 0 Å². The molecule has 0 N–H and O–H groups in total. The molecular weight excluding hydrogens is 336 g/mol. The molecule has 0 heterocycles. The van der Waals surface area contributed by atoms with E-state index in [-0.39, 0.29) is 0 Å². The second-order valence-corrected chi connectivity index (χ2v) is 6.88. The summed E-state index contributed by atoms with van der Waals surface area (Å²) >= 11 is 0. The zero-order chi connectivity index (χ0) is 20.3. The fraction of sp³-hybridized carbons (Fsp3) is 0.143. The third-order valence-electron chi connectivity index (χ3n) is 5.64. The van der Waals surface area contributed by atoms with Gasteiger partial charge in [-0.05, 0) is 65.3 Å². The fourth-order valence-electron chi connectivity index (χ4n) is 4.80. The molecule has 0 saturated carbocycles. The van der Waals surface area contributed by atoms with Gasteiger partial charge >= 0.3 is 0 Å². The summed E-state index contributed by atoms with van der Waals surface area (Å²) < 4.78 is 0. The van der Waals surface area contributed by atoms with E-state index >= 15 is 0 Å². The lowest BCUT2D eigenvalue weighted by atomic mass is 9.68. The highest BCUT2D eigenvalue weighted by Gasteiger charge is 2.53. The number of hydrogen-bond donors (Lipinski definition) is 0. The van der Waals surface area contributed by atoms with Crippen LogP contribution in [-0.4, -0.2) is 0 Å². The molecule has 1 unspecified atom stereocenters. The van der Waals surface area contributed by atoms with Gasteiger partial charge in [0.1, 0.15) is 0 Å². The summed E-state index contributed by atoms with van der Waals surface area (Å²) in [7, 11) is 0. The molecule has 0 heteroatoms.